The molecule has 0 aromatic carbocycles. The minimum atomic E-state index is -0.637. The molecule has 14 heavy (non-hydrogen) atoms. The molecule has 0 bridgehead atoms. The number of carbonyl (C=O) groups excluding carboxylic acids is 1. The molecule has 1 aromatic rings. The molecule has 1 aromatic heterocycles. The fraction of sp³-hybridized carbons (Fsp3) is 0.556. The van der Waals surface area contributed by atoms with Crippen LogP contribution >= 0.6 is 0 Å². The summed E-state index contributed by atoms with van der Waals surface area (Å²) in [6.07, 6.45) is 2.64. The Hall–Kier alpha value is -1.20. The van der Waals surface area contributed by atoms with E-state index in [1.807, 2.05) is 4.90 Å². The smallest absolute Gasteiger partial charge is 0.213 e. The molecule has 1 saturated heterocycles. The zero-order chi connectivity index (χ0) is 10.2. The number of hydrogen-bond acceptors (Lipinski definition) is 5. The first-order valence-corrected chi connectivity index (χ1v) is 4.43. The van der Waals surface area contributed by atoms with Gasteiger partial charge in [-0.1, -0.05) is 0 Å². The lowest BCUT2D eigenvalue weighted by atomic mass is 9.97. The zero-order valence-corrected chi connectivity index (χ0v) is 7.93. The second kappa shape index (κ2) is 3.18. The van der Waals surface area contributed by atoms with Crippen LogP contribution in [0.25, 0.3) is 0 Å². The fourth-order valence-corrected chi connectivity index (χ4v) is 1.66. The number of Topliss-reactive ketones (excluding diaryl/α,β-unsaturated/α-hetero) is 1. The minimum Gasteiger partial charge on any atom is -0.440 e. The average molecular weight is 196 g/mol. The van der Waals surface area contributed by atoms with Gasteiger partial charge in [-0.3, -0.25) is 9.69 Å². The number of aromatic nitrogens is 1. The number of nitrogens with zero attached hydrogens (tertiary/aromatic N) is 2. The van der Waals surface area contributed by atoms with Crippen LogP contribution in [0, 0.1) is 0 Å². The van der Waals surface area contributed by atoms with E-state index in [-0.39, 0.29) is 18.1 Å². The predicted octanol–water partition coefficient (Wildman–Crippen LogP) is -0.0761. The second-order valence-corrected chi connectivity index (χ2v) is 3.93. The number of β-amino-alcohol motifs (C(OH)–C–C–N with tert-alkyl or cyclic N) is 1. The van der Waals surface area contributed by atoms with Crippen molar-refractivity contribution in [3.63, 3.8) is 0 Å². The number of aliphatic hydroxyl groups is 1. The van der Waals surface area contributed by atoms with E-state index in [1.165, 1.54) is 12.6 Å². The standard InChI is InChI=1S/C9H12N2O3/c1-9(13)4-11(5-9)3-7(12)8-2-10-6-14-8/h2,6,13H,3-5H2,1H3. The average Bonchev–Trinajstić information content (AvgIpc) is 2.51. The summed E-state index contributed by atoms with van der Waals surface area (Å²) in [7, 11) is 0. The fourth-order valence-electron chi connectivity index (χ4n) is 1.66. The third kappa shape index (κ3) is 1.83. The van der Waals surface area contributed by atoms with Crippen molar-refractivity contribution in [3.05, 3.63) is 18.4 Å². The molecule has 1 N–H and O–H groups in total. The van der Waals surface area contributed by atoms with E-state index in [9.17, 15) is 9.90 Å². The van der Waals surface area contributed by atoms with Gasteiger partial charge in [0.25, 0.3) is 0 Å². The van der Waals surface area contributed by atoms with Crippen LogP contribution in [0.15, 0.2) is 17.0 Å². The first kappa shape index (κ1) is 9.36. The van der Waals surface area contributed by atoms with Gasteiger partial charge in [-0.05, 0) is 6.92 Å². The predicted molar refractivity (Wildman–Crippen MR) is 47.9 cm³/mol. The molecule has 1 fully saturated rings. The van der Waals surface area contributed by atoms with Gasteiger partial charge in [-0.2, -0.15) is 0 Å². The quantitative estimate of drug-likeness (QED) is 0.685. The third-order valence-corrected chi connectivity index (χ3v) is 2.20. The van der Waals surface area contributed by atoms with Gasteiger partial charge in [0.15, 0.2) is 12.2 Å². The monoisotopic (exact) mass is 196 g/mol. The van der Waals surface area contributed by atoms with Crippen LogP contribution in [0.2, 0.25) is 0 Å². The summed E-state index contributed by atoms with van der Waals surface area (Å²) in [6.45, 7) is 3.10. The number of oxazole rings is 1. The Labute approximate surface area is 81.3 Å². The van der Waals surface area contributed by atoms with Gasteiger partial charge in [0.2, 0.25) is 5.78 Å². The van der Waals surface area contributed by atoms with Crippen molar-refractivity contribution in [1.82, 2.24) is 9.88 Å². The molecule has 0 aliphatic carbocycles. The number of ketones is 1. The van der Waals surface area contributed by atoms with E-state index in [1.54, 1.807) is 6.92 Å². The molecule has 0 amide bonds. The van der Waals surface area contributed by atoms with E-state index in [0.717, 1.165) is 0 Å². The maximum atomic E-state index is 11.5. The zero-order valence-electron chi connectivity index (χ0n) is 7.93. The van der Waals surface area contributed by atoms with Gasteiger partial charge in [-0.15, -0.1) is 0 Å². The van der Waals surface area contributed by atoms with Crippen molar-refractivity contribution >= 4 is 5.78 Å². The number of likely N-dealkylation sites (tertiary alicyclic amines) is 1. The van der Waals surface area contributed by atoms with E-state index < -0.39 is 5.60 Å². The largest absolute Gasteiger partial charge is 0.440 e. The SMILES string of the molecule is CC1(O)CN(CC(=O)c2cnco2)C1. The molecule has 0 atom stereocenters. The normalized spacial score (nSPS) is 20.4. The molecule has 0 spiro atoms. The van der Waals surface area contributed by atoms with Gasteiger partial charge in [0.05, 0.1) is 18.3 Å². The molecule has 1 aliphatic heterocycles. The maximum absolute atomic E-state index is 11.5. The summed E-state index contributed by atoms with van der Waals surface area (Å²) >= 11 is 0. The highest BCUT2D eigenvalue weighted by Gasteiger charge is 2.37. The number of hydrogen-bond donors (Lipinski definition) is 1. The molecule has 2 heterocycles. The molecule has 5 heteroatoms. The third-order valence-electron chi connectivity index (χ3n) is 2.20. The summed E-state index contributed by atoms with van der Waals surface area (Å²) in [5, 5.41) is 9.44. The molecule has 0 saturated carbocycles. The van der Waals surface area contributed by atoms with Crippen molar-refractivity contribution in [2.75, 3.05) is 19.6 Å². The van der Waals surface area contributed by atoms with Crippen molar-refractivity contribution in [3.8, 4) is 0 Å². The lowest BCUT2D eigenvalue weighted by molar-refractivity contribution is -0.0786. The second-order valence-electron chi connectivity index (χ2n) is 3.93. The molecule has 1 aliphatic rings. The Balaban J connectivity index is 1.86. The molecular formula is C9H12N2O3. The van der Waals surface area contributed by atoms with Crippen LogP contribution < -0.4 is 0 Å². The van der Waals surface area contributed by atoms with E-state index >= 15 is 0 Å². The first-order valence-electron chi connectivity index (χ1n) is 4.43. The Morgan fingerprint density at radius 3 is 3.00 bits per heavy atom. The Kier molecular flexibility index (Phi) is 2.13. The van der Waals surface area contributed by atoms with Gasteiger partial charge < -0.3 is 9.52 Å². The lowest BCUT2D eigenvalue weighted by Crippen LogP contribution is -2.60. The summed E-state index contributed by atoms with van der Waals surface area (Å²) < 4.78 is 4.87. The molecule has 2 rings (SSSR count). The Bertz CT molecular complexity index is 324. The highest BCUT2D eigenvalue weighted by molar-refractivity contribution is 5.94. The maximum Gasteiger partial charge on any atom is 0.213 e. The van der Waals surface area contributed by atoms with Crippen LogP contribution in [-0.4, -0.2) is 46.0 Å². The van der Waals surface area contributed by atoms with Gasteiger partial charge in [-0.25, -0.2) is 4.98 Å². The van der Waals surface area contributed by atoms with E-state index in [4.69, 9.17) is 4.42 Å². The summed E-state index contributed by atoms with van der Waals surface area (Å²) in [6, 6.07) is 0. The van der Waals surface area contributed by atoms with Crippen molar-refractivity contribution in [1.29, 1.82) is 0 Å². The highest BCUT2D eigenvalue weighted by atomic mass is 16.3. The van der Waals surface area contributed by atoms with Gasteiger partial charge >= 0.3 is 0 Å². The molecule has 0 unspecified atom stereocenters. The lowest BCUT2D eigenvalue weighted by Gasteiger charge is -2.43. The molecule has 5 nitrogen and oxygen atoms in total. The van der Waals surface area contributed by atoms with Crippen LogP contribution in [0.5, 0.6) is 0 Å². The first-order chi connectivity index (χ1) is 6.57. The Morgan fingerprint density at radius 2 is 2.50 bits per heavy atom. The Morgan fingerprint density at radius 1 is 1.79 bits per heavy atom. The van der Waals surface area contributed by atoms with Crippen LogP contribution in [0.4, 0.5) is 0 Å². The van der Waals surface area contributed by atoms with Crippen molar-refractivity contribution in [2.45, 2.75) is 12.5 Å². The van der Waals surface area contributed by atoms with Gasteiger partial charge in [0.1, 0.15) is 0 Å². The summed E-state index contributed by atoms with van der Waals surface area (Å²) in [5.74, 6) is 0.176. The highest BCUT2D eigenvalue weighted by Crippen LogP contribution is 2.19. The van der Waals surface area contributed by atoms with Crippen molar-refractivity contribution < 1.29 is 14.3 Å². The topological polar surface area (TPSA) is 66.6 Å². The summed E-state index contributed by atoms with van der Waals surface area (Å²) in [5.41, 5.74) is -0.637. The molecular weight excluding hydrogens is 184 g/mol. The van der Waals surface area contributed by atoms with Crippen LogP contribution in [0.3, 0.4) is 0 Å². The van der Waals surface area contributed by atoms with Crippen LogP contribution in [0.1, 0.15) is 17.5 Å². The van der Waals surface area contributed by atoms with E-state index in [0.29, 0.717) is 13.1 Å². The summed E-state index contributed by atoms with van der Waals surface area (Å²) in [4.78, 5) is 17.0. The van der Waals surface area contributed by atoms with E-state index in [2.05, 4.69) is 4.98 Å². The van der Waals surface area contributed by atoms with Crippen molar-refractivity contribution in [2.24, 2.45) is 0 Å². The molecule has 76 valence electrons. The van der Waals surface area contributed by atoms with Crippen LogP contribution in [-0.2, 0) is 0 Å². The number of rotatable bonds is 3. The molecule has 0 radical (unpaired) electrons. The number of carbonyl (C=O) groups is 1. The minimum absolute atomic E-state index is 0.0991. The van der Waals surface area contributed by atoms with Gasteiger partial charge in [0, 0.05) is 13.1 Å².